The van der Waals surface area contributed by atoms with E-state index in [1.165, 1.54) is 0 Å². The summed E-state index contributed by atoms with van der Waals surface area (Å²) in [7, 11) is 0. The van der Waals surface area contributed by atoms with Gasteiger partial charge in [0.05, 0.1) is 11.4 Å². The first-order valence-electron chi connectivity index (χ1n) is 6.08. The van der Waals surface area contributed by atoms with Crippen LogP contribution in [-0.2, 0) is 10.3 Å². The highest BCUT2D eigenvalue weighted by molar-refractivity contribution is 5.88. The molecule has 1 atom stereocenters. The van der Waals surface area contributed by atoms with E-state index in [9.17, 15) is 9.90 Å². The van der Waals surface area contributed by atoms with Crippen LogP contribution in [-0.4, -0.2) is 22.7 Å². The van der Waals surface area contributed by atoms with Gasteiger partial charge in [-0.25, -0.2) is 4.79 Å². The van der Waals surface area contributed by atoms with Crippen LogP contribution in [0, 0.1) is 0 Å². The molecule has 2 heterocycles. The normalized spacial score (nSPS) is 20.4. The second-order valence-corrected chi connectivity index (χ2v) is 4.56. The Balaban J connectivity index is 2.12. The Morgan fingerprint density at radius 1 is 1.35 bits per heavy atom. The Morgan fingerprint density at radius 3 is 2.90 bits per heavy atom. The van der Waals surface area contributed by atoms with E-state index in [1.807, 2.05) is 0 Å². The zero-order chi connectivity index (χ0) is 14.2. The van der Waals surface area contributed by atoms with E-state index in [1.54, 1.807) is 42.6 Å². The summed E-state index contributed by atoms with van der Waals surface area (Å²) in [5, 5.41) is 12.6. The predicted octanol–water partition coefficient (Wildman–Crippen LogP) is 1.45. The van der Waals surface area contributed by atoms with Gasteiger partial charge < -0.3 is 20.9 Å². The third kappa shape index (κ3) is 1.73. The van der Waals surface area contributed by atoms with Crippen molar-refractivity contribution in [3.63, 3.8) is 0 Å². The summed E-state index contributed by atoms with van der Waals surface area (Å²) in [6.07, 6.45) is 1.55. The first kappa shape index (κ1) is 12.3. The summed E-state index contributed by atoms with van der Waals surface area (Å²) in [6.45, 7) is -0.0597. The van der Waals surface area contributed by atoms with Crippen molar-refractivity contribution in [2.75, 3.05) is 17.7 Å². The molecule has 0 aliphatic carbocycles. The maximum atomic E-state index is 11.8. The Bertz CT molecular complexity index is 660. The summed E-state index contributed by atoms with van der Waals surface area (Å²) in [6, 6.07) is 10.3. The van der Waals surface area contributed by atoms with Gasteiger partial charge in [-0.2, -0.15) is 0 Å². The lowest BCUT2D eigenvalue weighted by Gasteiger charge is -2.36. The second kappa shape index (κ2) is 4.41. The minimum atomic E-state index is -1.44. The Labute approximate surface area is 115 Å². The third-order valence-electron chi connectivity index (χ3n) is 3.31. The van der Waals surface area contributed by atoms with Gasteiger partial charge >= 0.3 is 5.97 Å². The van der Waals surface area contributed by atoms with Crippen LogP contribution < -0.4 is 15.8 Å². The molecule has 1 unspecified atom stereocenters. The summed E-state index contributed by atoms with van der Waals surface area (Å²) in [5.41, 5.74) is 5.73. The van der Waals surface area contributed by atoms with Crippen LogP contribution in [0.1, 0.15) is 5.69 Å². The zero-order valence-electron chi connectivity index (χ0n) is 10.5. The number of carbonyl (C=O) groups is 1. The SMILES string of the molecule is Nc1cccc2c1NC(C(=O)O)(c1ccccn1)CO2. The van der Waals surface area contributed by atoms with Gasteiger partial charge in [0.25, 0.3) is 0 Å². The van der Waals surface area contributed by atoms with Crippen LogP contribution in [0.15, 0.2) is 42.6 Å². The Kier molecular flexibility index (Phi) is 2.71. The van der Waals surface area contributed by atoms with Crippen molar-refractivity contribution in [1.29, 1.82) is 0 Å². The molecule has 1 aromatic heterocycles. The number of nitrogen functional groups attached to an aromatic ring is 1. The number of rotatable bonds is 2. The highest BCUT2D eigenvalue weighted by atomic mass is 16.5. The van der Waals surface area contributed by atoms with Gasteiger partial charge in [-0.15, -0.1) is 0 Å². The van der Waals surface area contributed by atoms with Crippen molar-refractivity contribution in [3.8, 4) is 5.75 Å². The summed E-state index contributed by atoms with van der Waals surface area (Å²) in [4.78, 5) is 15.9. The number of anilines is 2. The smallest absolute Gasteiger partial charge is 0.339 e. The van der Waals surface area contributed by atoms with Crippen LogP contribution in [0.5, 0.6) is 5.75 Å². The molecule has 0 bridgehead atoms. The lowest BCUT2D eigenvalue weighted by Crippen LogP contribution is -2.51. The van der Waals surface area contributed by atoms with E-state index in [2.05, 4.69) is 10.3 Å². The fraction of sp³-hybridized carbons (Fsp3) is 0.143. The van der Waals surface area contributed by atoms with E-state index < -0.39 is 11.5 Å². The number of para-hydroxylation sites is 1. The molecule has 102 valence electrons. The molecule has 1 aromatic carbocycles. The summed E-state index contributed by atoms with van der Waals surface area (Å²) >= 11 is 0. The number of nitrogens with one attached hydrogen (secondary N) is 1. The highest BCUT2D eigenvalue weighted by Crippen LogP contribution is 2.40. The van der Waals surface area contributed by atoms with E-state index in [4.69, 9.17) is 10.5 Å². The van der Waals surface area contributed by atoms with E-state index >= 15 is 0 Å². The number of pyridine rings is 1. The van der Waals surface area contributed by atoms with E-state index in [0.29, 0.717) is 22.8 Å². The van der Waals surface area contributed by atoms with Crippen molar-refractivity contribution < 1.29 is 14.6 Å². The quantitative estimate of drug-likeness (QED) is 0.715. The van der Waals surface area contributed by atoms with Gasteiger partial charge in [0.2, 0.25) is 5.54 Å². The fourth-order valence-corrected chi connectivity index (χ4v) is 2.22. The van der Waals surface area contributed by atoms with Crippen LogP contribution >= 0.6 is 0 Å². The van der Waals surface area contributed by atoms with Crippen LogP contribution in [0.3, 0.4) is 0 Å². The molecule has 0 spiro atoms. The average molecular weight is 271 g/mol. The van der Waals surface area contributed by atoms with E-state index in [0.717, 1.165) is 0 Å². The number of carboxylic acids is 1. The highest BCUT2D eigenvalue weighted by Gasteiger charge is 2.46. The molecular formula is C14H13N3O3. The fourth-order valence-electron chi connectivity index (χ4n) is 2.22. The van der Waals surface area contributed by atoms with Gasteiger partial charge in [0, 0.05) is 6.20 Å². The Morgan fingerprint density at radius 2 is 2.20 bits per heavy atom. The minimum Gasteiger partial charge on any atom is -0.488 e. The molecule has 0 amide bonds. The van der Waals surface area contributed by atoms with Crippen molar-refractivity contribution in [1.82, 2.24) is 4.98 Å². The number of fused-ring (bicyclic) bond motifs is 1. The molecule has 0 radical (unpaired) electrons. The van der Waals surface area contributed by atoms with Crippen LogP contribution in [0.2, 0.25) is 0 Å². The third-order valence-corrected chi connectivity index (χ3v) is 3.31. The molecule has 0 saturated heterocycles. The number of hydrogen-bond donors (Lipinski definition) is 3. The van der Waals surface area contributed by atoms with Crippen molar-refractivity contribution in [3.05, 3.63) is 48.3 Å². The van der Waals surface area contributed by atoms with Gasteiger partial charge in [0.15, 0.2) is 0 Å². The lowest BCUT2D eigenvalue weighted by atomic mass is 9.93. The van der Waals surface area contributed by atoms with Gasteiger partial charge in [0.1, 0.15) is 18.0 Å². The van der Waals surface area contributed by atoms with Crippen molar-refractivity contribution >= 4 is 17.3 Å². The molecule has 6 nitrogen and oxygen atoms in total. The van der Waals surface area contributed by atoms with Crippen molar-refractivity contribution in [2.24, 2.45) is 0 Å². The molecule has 2 aromatic rings. The molecule has 0 saturated carbocycles. The number of carboxylic acid groups (broad SMARTS) is 1. The zero-order valence-corrected chi connectivity index (χ0v) is 10.5. The number of benzene rings is 1. The van der Waals surface area contributed by atoms with E-state index in [-0.39, 0.29) is 6.61 Å². The first-order chi connectivity index (χ1) is 9.63. The number of nitrogens with zero attached hydrogens (tertiary/aromatic N) is 1. The van der Waals surface area contributed by atoms with Crippen LogP contribution in [0.25, 0.3) is 0 Å². The summed E-state index contributed by atoms with van der Waals surface area (Å²) < 4.78 is 5.57. The topological polar surface area (TPSA) is 97.5 Å². The molecule has 4 N–H and O–H groups in total. The van der Waals surface area contributed by atoms with Crippen molar-refractivity contribution in [2.45, 2.75) is 5.54 Å². The largest absolute Gasteiger partial charge is 0.488 e. The first-order valence-corrected chi connectivity index (χ1v) is 6.08. The van der Waals surface area contributed by atoms with Gasteiger partial charge in [-0.1, -0.05) is 12.1 Å². The molecule has 1 aliphatic heterocycles. The number of nitrogens with two attached hydrogens (primary N) is 1. The molecule has 1 aliphatic rings. The summed E-state index contributed by atoms with van der Waals surface area (Å²) in [5.74, 6) is -0.525. The number of aromatic nitrogens is 1. The number of aliphatic carboxylic acids is 1. The van der Waals surface area contributed by atoms with Crippen LogP contribution in [0.4, 0.5) is 11.4 Å². The second-order valence-electron chi connectivity index (χ2n) is 4.56. The number of hydrogen-bond acceptors (Lipinski definition) is 5. The number of ether oxygens (including phenoxy) is 1. The molecule has 20 heavy (non-hydrogen) atoms. The Hall–Kier alpha value is -2.76. The monoisotopic (exact) mass is 271 g/mol. The standard InChI is InChI=1S/C14H13N3O3/c15-9-4-3-5-10-12(9)17-14(8-20-10,13(18)19)11-6-1-2-7-16-11/h1-7,17H,8,15H2,(H,18,19). The maximum Gasteiger partial charge on any atom is 0.339 e. The maximum absolute atomic E-state index is 11.8. The lowest BCUT2D eigenvalue weighted by molar-refractivity contribution is -0.144. The van der Waals surface area contributed by atoms with Gasteiger partial charge in [-0.05, 0) is 24.3 Å². The minimum absolute atomic E-state index is 0.0597. The molecule has 0 fully saturated rings. The molecule has 3 rings (SSSR count). The molecule has 6 heteroatoms. The van der Waals surface area contributed by atoms with Gasteiger partial charge in [-0.3, -0.25) is 4.98 Å². The predicted molar refractivity (Wildman–Crippen MR) is 73.5 cm³/mol. The average Bonchev–Trinajstić information content (AvgIpc) is 2.48. The molecular weight excluding hydrogens is 258 g/mol.